The van der Waals surface area contributed by atoms with Gasteiger partial charge in [0.15, 0.2) is 0 Å². The van der Waals surface area contributed by atoms with Crippen molar-refractivity contribution in [3.8, 4) is 0 Å². The van der Waals surface area contributed by atoms with Gasteiger partial charge in [-0.3, -0.25) is 57.5 Å². The van der Waals surface area contributed by atoms with Crippen molar-refractivity contribution >= 4 is 71.1 Å². The first kappa shape index (κ1) is 47.6. The number of hydrogen-bond donors (Lipinski definition) is 13. The minimum atomic E-state index is -1.87. The van der Waals surface area contributed by atoms with Crippen molar-refractivity contribution in [2.45, 2.75) is 95.1 Å². The molecular formula is C29H44N8O17. The van der Waals surface area contributed by atoms with Gasteiger partial charge in [-0.05, 0) is 26.2 Å². The minimum absolute atomic E-state index is 0.375. The van der Waals surface area contributed by atoms with E-state index in [1.165, 1.54) is 0 Å². The number of nitrogens with one attached hydrogen (secondary N) is 7. The number of rotatable bonds is 26. The smallest absolute Gasteiger partial charge is 0.305 e. The number of aliphatic carboxylic acids is 4. The largest absolute Gasteiger partial charge is 0.481 e. The molecule has 0 aliphatic carbocycles. The maximum Gasteiger partial charge on any atom is 0.305 e. The molecule has 14 N–H and O–H groups in total. The van der Waals surface area contributed by atoms with Gasteiger partial charge in [0.25, 0.3) is 0 Å². The molecule has 6 atom stereocenters. The van der Waals surface area contributed by atoms with Crippen molar-refractivity contribution < 1.29 is 83.1 Å². The van der Waals surface area contributed by atoms with E-state index in [-0.39, 0.29) is 6.42 Å². The van der Waals surface area contributed by atoms with Gasteiger partial charge in [-0.1, -0.05) is 0 Å². The summed E-state index contributed by atoms with van der Waals surface area (Å²) in [4.78, 5) is 144. The molecule has 0 aliphatic rings. The van der Waals surface area contributed by atoms with Crippen molar-refractivity contribution in [2.24, 2.45) is 5.73 Å². The lowest BCUT2D eigenvalue weighted by molar-refractivity contribution is -0.142. The maximum absolute atomic E-state index is 13.3. The fourth-order valence-electron chi connectivity index (χ4n) is 4.19. The Bertz CT molecular complexity index is 1450. The van der Waals surface area contributed by atoms with Crippen molar-refractivity contribution in [3.05, 3.63) is 0 Å². The Morgan fingerprint density at radius 3 is 1.30 bits per heavy atom. The lowest BCUT2D eigenvalue weighted by Gasteiger charge is -2.27. The summed E-state index contributed by atoms with van der Waals surface area (Å²) in [7, 11) is 0. The highest BCUT2D eigenvalue weighted by atomic mass is 16.4. The molecule has 0 aromatic carbocycles. The number of carboxylic acid groups (broad SMARTS) is 4. The van der Waals surface area contributed by atoms with Gasteiger partial charge < -0.3 is 68.5 Å². The lowest BCUT2D eigenvalue weighted by Crippen LogP contribution is -2.60. The Morgan fingerprint density at radius 2 is 0.907 bits per heavy atom. The number of amides is 8. The quantitative estimate of drug-likeness (QED) is 0.0388. The predicted molar refractivity (Wildman–Crippen MR) is 175 cm³/mol. The van der Waals surface area contributed by atoms with Gasteiger partial charge in [-0.15, -0.1) is 0 Å². The summed E-state index contributed by atoms with van der Waals surface area (Å²) in [6.45, 7) is 0.578. The van der Waals surface area contributed by atoms with Crippen LogP contribution in [-0.4, -0.2) is 146 Å². The van der Waals surface area contributed by atoms with E-state index in [0.717, 1.165) is 13.8 Å². The zero-order valence-corrected chi connectivity index (χ0v) is 29.0. The third kappa shape index (κ3) is 20.4. The Morgan fingerprint density at radius 1 is 0.519 bits per heavy atom. The van der Waals surface area contributed by atoms with Crippen LogP contribution >= 0.6 is 0 Å². The number of aliphatic hydroxyl groups is 1. The van der Waals surface area contributed by atoms with Gasteiger partial charge in [0, 0.05) is 26.2 Å². The maximum atomic E-state index is 13.3. The molecule has 0 aromatic rings. The molecule has 0 saturated heterocycles. The first-order valence-electron chi connectivity index (χ1n) is 15.9. The molecule has 0 fully saturated rings. The Labute approximate surface area is 305 Å². The Kier molecular flexibility index (Phi) is 21.1. The van der Waals surface area contributed by atoms with Crippen molar-refractivity contribution in [1.82, 2.24) is 37.2 Å². The molecule has 0 aromatic heterocycles. The molecule has 0 rings (SSSR count). The normalized spacial score (nSPS) is 13.8. The van der Waals surface area contributed by atoms with Crippen LogP contribution in [0, 0.1) is 0 Å². The molecule has 25 nitrogen and oxygen atoms in total. The van der Waals surface area contributed by atoms with Crippen LogP contribution in [0.15, 0.2) is 0 Å². The highest BCUT2D eigenvalue weighted by Gasteiger charge is 2.34. The fraction of sp³-hybridized carbons (Fsp3) is 0.586. The molecule has 8 amide bonds. The van der Waals surface area contributed by atoms with Crippen molar-refractivity contribution in [3.63, 3.8) is 0 Å². The molecule has 0 spiro atoms. The van der Waals surface area contributed by atoms with Gasteiger partial charge in [-0.25, -0.2) is 0 Å². The molecule has 0 bridgehead atoms. The van der Waals surface area contributed by atoms with Crippen LogP contribution in [0.2, 0.25) is 0 Å². The monoisotopic (exact) mass is 776 g/mol. The fourth-order valence-corrected chi connectivity index (χ4v) is 4.19. The number of primary amides is 1. The second-order valence-electron chi connectivity index (χ2n) is 11.5. The van der Waals surface area contributed by atoms with E-state index in [4.69, 9.17) is 15.9 Å². The summed E-state index contributed by atoms with van der Waals surface area (Å²) in [6.07, 6.45) is -6.54. The molecular weight excluding hydrogens is 732 g/mol. The third-order valence-electron chi connectivity index (χ3n) is 6.90. The van der Waals surface area contributed by atoms with Gasteiger partial charge in [0.1, 0.15) is 30.2 Å². The van der Waals surface area contributed by atoms with Gasteiger partial charge >= 0.3 is 23.9 Å². The molecule has 0 saturated carbocycles. The van der Waals surface area contributed by atoms with Crippen molar-refractivity contribution in [2.75, 3.05) is 13.1 Å². The van der Waals surface area contributed by atoms with E-state index >= 15 is 0 Å². The van der Waals surface area contributed by atoms with Crippen LogP contribution < -0.4 is 43.0 Å². The Hall–Kier alpha value is -6.40. The van der Waals surface area contributed by atoms with Crippen LogP contribution in [0.1, 0.15) is 58.8 Å². The van der Waals surface area contributed by atoms with E-state index in [0.29, 0.717) is 0 Å². The van der Waals surface area contributed by atoms with E-state index in [9.17, 15) is 72.9 Å². The van der Waals surface area contributed by atoms with Crippen molar-refractivity contribution in [1.29, 1.82) is 0 Å². The van der Waals surface area contributed by atoms with E-state index in [2.05, 4.69) is 31.9 Å². The SMILES string of the molecule is CC(=O)NCC(=O)N[C@@H](CC(=O)O)C(=O)N[C@@H](CCC(=O)O)C(=O)N[C@@H](CCC(=O)O)C(=O)N[C@H](C(=O)NCC(=O)N[C@@H](CCC(=O)O)C(N)=O)[C@@H](C)O. The molecule has 54 heavy (non-hydrogen) atoms. The second-order valence-corrected chi connectivity index (χ2v) is 11.5. The molecule has 302 valence electrons. The first-order valence-corrected chi connectivity index (χ1v) is 15.9. The average Bonchev–Trinajstić information content (AvgIpc) is 3.05. The molecule has 0 aliphatic heterocycles. The van der Waals surface area contributed by atoms with Gasteiger partial charge in [0.2, 0.25) is 47.3 Å². The molecule has 0 unspecified atom stereocenters. The zero-order chi connectivity index (χ0) is 41.7. The Balaban J connectivity index is 6.04. The second kappa shape index (κ2) is 24.0. The summed E-state index contributed by atoms with van der Waals surface area (Å²) < 4.78 is 0. The average molecular weight is 777 g/mol. The number of carbonyl (C=O) groups is 12. The highest BCUT2D eigenvalue weighted by molar-refractivity contribution is 5.97. The summed E-state index contributed by atoms with van der Waals surface area (Å²) in [6, 6.07) is -8.82. The minimum Gasteiger partial charge on any atom is -0.481 e. The summed E-state index contributed by atoms with van der Waals surface area (Å²) in [5.74, 6) is -14.6. The van der Waals surface area contributed by atoms with Crippen LogP contribution in [0.3, 0.4) is 0 Å². The standard InChI is InChI=1S/C29H44N8O17/c1-12(38)24(29(54)32-11-19(41)33-14(25(30)50)3-6-20(42)43)37-27(52)16(5-8-22(46)47)35-26(51)15(4-7-21(44)45)36-28(53)17(9-23(48)49)34-18(40)10-31-13(2)39/h12,14-17,24,38H,3-11H2,1-2H3,(H2,30,50)(H,31,39)(H,32,54)(H,33,41)(H,34,40)(H,35,51)(H,36,53)(H,37,52)(H,42,43)(H,44,45)(H,46,47)(H,48,49)/t12-,14+,15+,16+,17+,24+/m1/s1. The number of hydrogen-bond acceptors (Lipinski definition) is 13. The van der Waals surface area contributed by atoms with E-state index in [1.54, 1.807) is 0 Å². The third-order valence-corrected chi connectivity index (χ3v) is 6.90. The zero-order valence-electron chi connectivity index (χ0n) is 29.0. The molecule has 0 heterocycles. The van der Waals surface area contributed by atoms with Crippen LogP contribution in [0.5, 0.6) is 0 Å². The van der Waals surface area contributed by atoms with Crippen LogP contribution in [0.4, 0.5) is 0 Å². The molecule has 0 radical (unpaired) electrons. The van der Waals surface area contributed by atoms with Gasteiger partial charge in [-0.2, -0.15) is 0 Å². The number of aliphatic hydroxyl groups excluding tert-OH is 1. The first-order chi connectivity index (χ1) is 25.0. The van der Waals surface area contributed by atoms with E-state index in [1.807, 2.05) is 5.32 Å². The van der Waals surface area contributed by atoms with E-state index < -0.39 is 159 Å². The number of carbonyl (C=O) groups excluding carboxylic acids is 8. The predicted octanol–water partition coefficient (Wildman–Crippen LogP) is -6.40. The van der Waals surface area contributed by atoms with Crippen LogP contribution in [-0.2, 0) is 57.5 Å². The summed E-state index contributed by atoms with van der Waals surface area (Å²) >= 11 is 0. The van der Waals surface area contributed by atoms with Crippen LogP contribution in [0.25, 0.3) is 0 Å². The molecule has 25 heteroatoms. The number of carboxylic acids is 4. The highest BCUT2D eigenvalue weighted by Crippen LogP contribution is 2.06. The number of nitrogens with two attached hydrogens (primary N) is 1. The summed E-state index contributed by atoms with van der Waals surface area (Å²) in [5.41, 5.74) is 5.14. The van der Waals surface area contributed by atoms with Gasteiger partial charge in [0.05, 0.1) is 25.6 Å². The lowest BCUT2D eigenvalue weighted by atomic mass is 10.1. The topological polar surface area (TPSA) is 416 Å². The summed E-state index contributed by atoms with van der Waals surface area (Å²) in [5, 5.41) is 61.1.